The standard InChI is InChI=1S/C20H25ClN4O/c1-3-14-4-6-15(7-5-14)20(26)23-18-13-19(17(22)12-16(18)21)25-10-8-24(2)9-11-25/h4-7,12-13H,3,8-11,22H2,1-2H3,(H,23,26). The highest BCUT2D eigenvalue weighted by Gasteiger charge is 2.19. The van der Waals surface area contributed by atoms with Crippen molar-refractivity contribution in [1.82, 2.24) is 4.90 Å². The molecule has 1 aliphatic heterocycles. The summed E-state index contributed by atoms with van der Waals surface area (Å²) in [4.78, 5) is 17.1. The van der Waals surface area contributed by atoms with Crippen molar-refractivity contribution in [1.29, 1.82) is 0 Å². The van der Waals surface area contributed by atoms with Crippen LogP contribution in [-0.4, -0.2) is 44.0 Å². The van der Waals surface area contributed by atoms with Gasteiger partial charge in [0.05, 0.1) is 22.1 Å². The predicted molar refractivity (Wildman–Crippen MR) is 109 cm³/mol. The first-order chi connectivity index (χ1) is 12.5. The Balaban J connectivity index is 1.80. The van der Waals surface area contributed by atoms with Crippen LogP contribution in [0.5, 0.6) is 0 Å². The normalized spacial score (nSPS) is 15.1. The first-order valence-electron chi connectivity index (χ1n) is 8.90. The SMILES string of the molecule is CCc1ccc(C(=O)Nc2cc(N3CCN(C)CC3)c(N)cc2Cl)cc1. The maximum Gasteiger partial charge on any atom is 0.255 e. The van der Waals surface area contributed by atoms with Crippen molar-refractivity contribution in [2.24, 2.45) is 0 Å². The third-order valence-corrected chi connectivity index (χ3v) is 5.15. The average molecular weight is 373 g/mol. The van der Waals surface area contributed by atoms with Gasteiger partial charge in [-0.15, -0.1) is 0 Å². The van der Waals surface area contributed by atoms with Gasteiger partial charge in [0.1, 0.15) is 0 Å². The van der Waals surface area contributed by atoms with Crippen molar-refractivity contribution < 1.29 is 4.79 Å². The van der Waals surface area contributed by atoms with Gasteiger partial charge in [0.2, 0.25) is 0 Å². The Kier molecular flexibility index (Phi) is 5.69. The number of rotatable bonds is 4. The number of nitrogens with zero attached hydrogens (tertiary/aromatic N) is 2. The van der Waals surface area contributed by atoms with E-state index < -0.39 is 0 Å². The molecule has 26 heavy (non-hydrogen) atoms. The Morgan fingerprint density at radius 3 is 2.42 bits per heavy atom. The van der Waals surface area contributed by atoms with Crippen LogP contribution in [0.2, 0.25) is 5.02 Å². The second-order valence-electron chi connectivity index (χ2n) is 6.69. The Bertz CT molecular complexity index is 783. The molecule has 1 heterocycles. The molecular formula is C20H25ClN4O. The zero-order valence-electron chi connectivity index (χ0n) is 15.3. The van der Waals surface area contributed by atoms with E-state index in [1.54, 1.807) is 6.07 Å². The number of nitrogens with one attached hydrogen (secondary N) is 1. The molecule has 0 radical (unpaired) electrons. The van der Waals surface area contributed by atoms with Crippen molar-refractivity contribution in [3.8, 4) is 0 Å². The lowest BCUT2D eigenvalue weighted by Gasteiger charge is -2.35. The molecule has 6 heteroatoms. The number of likely N-dealkylation sites (N-methyl/N-ethyl adjacent to an activating group) is 1. The number of aryl methyl sites for hydroxylation is 1. The van der Waals surface area contributed by atoms with E-state index in [0.717, 1.165) is 38.3 Å². The molecule has 0 aliphatic carbocycles. The Labute approximate surface area is 159 Å². The van der Waals surface area contributed by atoms with Crippen molar-refractivity contribution in [2.45, 2.75) is 13.3 Å². The number of hydrogen-bond acceptors (Lipinski definition) is 4. The number of carbonyl (C=O) groups is 1. The minimum atomic E-state index is -0.177. The third-order valence-electron chi connectivity index (χ3n) is 4.83. The van der Waals surface area contributed by atoms with Crippen LogP contribution in [0, 0.1) is 0 Å². The fourth-order valence-corrected chi connectivity index (χ4v) is 3.30. The summed E-state index contributed by atoms with van der Waals surface area (Å²) < 4.78 is 0. The lowest BCUT2D eigenvalue weighted by Crippen LogP contribution is -2.44. The second-order valence-corrected chi connectivity index (χ2v) is 7.09. The Morgan fingerprint density at radius 1 is 1.15 bits per heavy atom. The van der Waals surface area contributed by atoms with Gasteiger partial charge in [0.25, 0.3) is 5.91 Å². The number of anilines is 3. The minimum Gasteiger partial charge on any atom is -0.397 e. The monoisotopic (exact) mass is 372 g/mol. The number of hydrogen-bond donors (Lipinski definition) is 2. The van der Waals surface area contributed by atoms with Gasteiger partial charge >= 0.3 is 0 Å². The van der Waals surface area contributed by atoms with Crippen molar-refractivity contribution >= 4 is 34.6 Å². The topological polar surface area (TPSA) is 61.6 Å². The van der Waals surface area contributed by atoms with Crippen LogP contribution in [0.25, 0.3) is 0 Å². The van der Waals surface area contributed by atoms with Gasteiger partial charge in [-0.05, 0) is 43.3 Å². The lowest BCUT2D eigenvalue weighted by atomic mass is 10.1. The van der Waals surface area contributed by atoms with Crippen LogP contribution in [0.1, 0.15) is 22.8 Å². The summed E-state index contributed by atoms with van der Waals surface area (Å²) in [6.07, 6.45) is 0.945. The molecule has 2 aromatic carbocycles. The van der Waals surface area contributed by atoms with Gasteiger partial charge in [-0.3, -0.25) is 4.79 Å². The van der Waals surface area contributed by atoms with Crippen LogP contribution in [0.4, 0.5) is 17.1 Å². The third kappa shape index (κ3) is 4.11. The summed E-state index contributed by atoms with van der Waals surface area (Å²) in [5.74, 6) is -0.177. The van der Waals surface area contributed by atoms with E-state index in [1.807, 2.05) is 30.3 Å². The van der Waals surface area contributed by atoms with E-state index in [1.165, 1.54) is 5.56 Å². The summed E-state index contributed by atoms with van der Waals surface area (Å²) in [5, 5.41) is 3.36. The second kappa shape index (κ2) is 7.98. The predicted octanol–water partition coefficient (Wildman–Crippen LogP) is 3.49. The lowest BCUT2D eigenvalue weighted by molar-refractivity contribution is 0.102. The van der Waals surface area contributed by atoms with E-state index in [9.17, 15) is 4.79 Å². The Hall–Kier alpha value is -2.24. The van der Waals surface area contributed by atoms with E-state index in [-0.39, 0.29) is 5.91 Å². The summed E-state index contributed by atoms with van der Waals surface area (Å²) in [7, 11) is 2.11. The summed E-state index contributed by atoms with van der Waals surface area (Å²) >= 11 is 6.32. The van der Waals surface area contributed by atoms with E-state index >= 15 is 0 Å². The minimum absolute atomic E-state index is 0.177. The van der Waals surface area contributed by atoms with E-state index in [2.05, 4.69) is 29.1 Å². The first kappa shape index (κ1) is 18.5. The van der Waals surface area contributed by atoms with Crippen molar-refractivity contribution in [2.75, 3.05) is 49.2 Å². The van der Waals surface area contributed by atoms with Crippen molar-refractivity contribution in [3.05, 3.63) is 52.5 Å². The van der Waals surface area contributed by atoms with E-state index in [0.29, 0.717) is 22.0 Å². The van der Waals surface area contributed by atoms with Gasteiger partial charge in [-0.25, -0.2) is 0 Å². The summed E-state index contributed by atoms with van der Waals surface area (Å²) in [6, 6.07) is 11.2. The first-order valence-corrected chi connectivity index (χ1v) is 9.28. The average Bonchev–Trinajstić information content (AvgIpc) is 2.65. The molecule has 0 saturated carbocycles. The molecule has 1 amide bonds. The maximum atomic E-state index is 12.6. The molecule has 3 rings (SSSR count). The van der Waals surface area contributed by atoms with Gasteiger partial charge < -0.3 is 20.9 Å². The van der Waals surface area contributed by atoms with Gasteiger partial charge in [0, 0.05) is 31.7 Å². The zero-order valence-corrected chi connectivity index (χ0v) is 16.0. The van der Waals surface area contributed by atoms with Crippen LogP contribution in [-0.2, 0) is 6.42 Å². The van der Waals surface area contributed by atoms with Crippen LogP contribution in [0.15, 0.2) is 36.4 Å². The number of benzene rings is 2. The number of amides is 1. The molecule has 1 saturated heterocycles. The summed E-state index contributed by atoms with van der Waals surface area (Å²) in [6.45, 7) is 5.84. The largest absolute Gasteiger partial charge is 0.397 e. The number of nitrogens with two attached hydrogens (primary N) is 1. The maximum absolute atomic E-state index is 12.6. The molecule has 2 aromatic rings. The molecule has 138 valence electrons. The zero-order chi connectivity index (χ0) is 18.7. The van der Waals surface area contributed by atoms with Crippen LogP contribution in [0.3, 0.4) is 0 Å². The summed E-state index contributed by atoms with van der Waals surface area (Å²) in [5.41, 5.74) is 10.1. The van der Waals surface area contributed by atoms with Crippen LogP contribution < -0.4 is 16.0 Å². The molecular weight excluding hydrogens is 348 g/mol. The Morgan fingerprint density at radius 2 is 1.81 bits per heavy atom. The van der Waals surface area contributed by atoms with Crippen LogP contribution >= 0.6 is 11.6 Å². The van der Waals surface area contributed by atoms with Crippen molar-refractivity contribution in [3.63, 3.8) is 0 Å². The molecule has 3 N–H and O–H groups in total. The van der Waals surface area contributed by atoms with Gasteiger partial charge in [-0.2, -0.15) is 0 Å². The fraction of sp³-hybridized carbons (Fsp3) is 0.350. The number of piperazine rings is 1. The smallest absolute Gasteiger partial charge is 0.255 e. The molecule has 1 fully saturated rings. The highest BCUT2D eigenvalue weighted by molar-refractivity contribution is 6.34. The quantitative estimate of drug-likeness (QED) is 0.806. The fourth-order valence-electron chi connectivity index (χ4n) is 3.08. The number of nitrogen functional groups attached to an aromatic ring is 1. The molecule has 5 nitrogen and oxygen atoms in total. The highest BCUT2D eigenvalue weighted by atomic mass is 35.5. The van der Waals surface area contributed by atoms with Gasteiger partial charge in [0.15, 0.2) is 0 Å². The van der Waals surface area contributed by atoms with E-state index in [4.69, 9.17) is 17.3 Å². The molecule has 0 unspecified atom stereocenters. The molecule has 0 aromatic heterocycles. The van der Waals surface area contributed by atoms with Gasteiger partial charge in [-0.1, -0.05) is 30.7 Å². The molecule has 0 atom stereocenters. The molecule has 0 spiro atoms. The highest BCUT2D eigenvalue weighted by Crippen LogP contribution is 2.34. The molecule has 0 bridgehead atoms. The molecule has 1 aliphatic rings. The number of carbonyl (C=O) groups excluding carboxylic acids is 1. The number of halogens is 1.